The molecule has 2 rings (SSSR count). The molecule has 0 aliphatic carbocycles. The van der Waals surface area contributed by atoms with E-state index >= 15 is 0 Å². The lowest BCUT2D eigenvalue weighted by atomic mass is 10.1. The minimum absolute atomic E-state index is 0.101. The van der Waals surface area contributed by atoms with Gasteiger partial charge in [-0.15, -0.1) is 0 Å². The highest BCUT2D eigenvalue weighted by Crippen LogP contribution is 2.23. The Morgan fingerprint density at radius 1 is 1.04 bits per heavy atom. The van der Waals surface area contributed by atoms with Gasteiger partial charge in [-0.05, 0) is 44.5 Å². The molecule has 0 fully saturated rings. The molecule has 2 N–H and O–H groups in total. The van der Waals surface area contributed by atoms with Gasteiger partial charge in [-0.1, -0.05) is 29.8 Å². The van der Waals surface area contributed by atoms with E-state index in [-0.39, 0.29) is 12.5 Å². The quantitative estimate of drug-likeness (QED) is 0.681. The third-order valence-corrected chi connectivity index (χ3v) is 3.67. The van der Waals surface area contributed by atoms with Crippen LogP contribution in [0.25, 0.3) is 0 Å². The largest absolute Gasteiger partial charge is 0.489 e. The molecular formula is C20H26N2O3. The van der Waals surface area contributed by atoms with Crippen LogP contribution in [0.2, 0.25) is 0 Å². The summed E-state index contributed by atoms with van der Waals surface area (Å²) in [5, 5.41) is 6.05. The molecule has 5 nitrogen and oxygen atoms in total. The van der Waals surface area contributed by atoms with Crippen LogP contribution in [0.3, 0.4) is 0 Å². The third kappa shape index (κ3) is 6.12. The number of anilines is 2. The lowest BCUT2D eigenvalue weighted by molar-refractivity contribution is -0.114. The summed E-state index contributed by atoms with van der Waals surface area (Å²) in [6.45, 7) is 7.81. The first kappa shape index (κ1) is 18.8. The standard InChI is InChI=1S/C20H26N2O3/c1-4-24-11-12-25-19-8-6-5-7-18(19)21-14-20(23)22-17-10-9-15(2)13-16(17)3/h5-10,13,21H,4,11-12,14H2,1-3H3,(H,22,23). The van der Waals surface area contributed by atoms with Gasteiger partial charge in [-0.3, -0.25) is 4.79 Å². The van der Waals surface area contributed by atoms with Gasteiger partial charge in [-0.25, -0.2) is 0 Å². The van der Waals surface area contributed by atoms with Gasteiger partial charge in [0.25, 0.3) is 0 Å². The van der Waals surface area contributed by atoms with Crippen LogP contribution in [-0.4, -0.2) is 32.3 Å². The van der Waals surface area contributed by atoms with E-state index in [1.54, 1.807) is 0 Å². The van der Waals surface area contributed by atoms with Crippen molar-refractivity contribution >= 4 is 17.3 Å². The molecule has 0 spiro atoms. The van der Waals surface area contributed by atoms with Crippen molar-refractivity contribution in [3.63, 3.8) is 0 Å². The smallest absolute Gasteiger partial charge is 0.243 e. The third-order valence-electron chi connectivity index (χ3n) is 3.67. The first-order chi connectivity index (χ1) is 12.1. The van der Waals surface area contributed by atoms with Crippen molar-refractivity contribution < 1.29 is 14.3 Å². The molecule has 0 saturated carbocycles. The number of nitrogens with one attached hydrogen (secondary N) is 2. The van der Waals surface area contributed by atoms with Crippen LogP contribution < -0.4 is 15.4 Å². The van der Waals surface area contributed by atoms with Gasteiger partial charge in [0.2, 0.25) is 5.91 Å². The Balaban J connectivity index is 1.88. The van der Waals surface area contributed by atoms with E-state index in [2.05, 4.69) is 10.6 Å². The molecular weight excluding hydrogens is 316 g/mol. The summed E-state index contributed by atoms with van der Waals surface area (Å²) in [7, 11) is 0. The predicted octanol–water partition coefficient (Wildman–Crippen LogP) is 3.77. The molecule has 0 aliphatic heterocycles. The zero-order chi connectivity index (χ0) is 18.1. The molecule has 0 atom stereocenters. The van der Waals surface area contributed by atoms with Gasteiger partial charge in [0.15, 0.2) is 0 Å². The number of benzene rings is 2. The SMILES string of the molecule is CCOCCOc1ccccc1NCC(=O)Nc1ccc(C)cc1C. The van der Waals surface area contributed by atoms with Gasteiger partial charge in [-0.2, -0.15) is 0 Å². The molecule has 5 heteroatoms. The Labute approximate surface area is 149 Å². The van der Waals surface area contributed by atoms with Crippen LogP contribution in [0.1, 0.15) is 18.1 Å². The van der Waals surface area contributed by atoms with E-state index in [4.69, 9.17) is 9.47 Å². The summed E-state index contributed by atoms with van der Waals surface area (Å²) in [4.78, 5) is 12.2. The molecule has 0 aliphatic rings. The molecule has 0 saturated heterocycles. The van der Waals surface area contributed by atoms with Crippen molar-refractivity contribution in [1.29, 1.82) is 0 Å². The second-order valence-corrected chi connectivity index (χ2v) is 5.76. The van der Waals surface area contributed by atoms with Crippen LogP contribution in [0.4, 0.5) is 11.4 Å². The number of hydrogen-bond donors (Lipinski definition) is 2. The highest BCUT2D eigenvalue weighted by atomic mass is 16.5. The van der Waals surface area contributed by atoms with Crippen LogP contribution in [-0.2, 0) is 9.53 Å². The maximum atomic E-state index is 12.2. The molecule has 25 heavy (non-hydrogen) atoms. The number of hydrogen-bond acceptors (Lipinski definition) is 4. The maximum absolute atomic E-state index is 12.2. The minimum Gasteiger partial charge on any atom is -0.489 e. The fourth-order valence-corrected chi connectivity index (χ4v) is 2.42. The highest BCUT2D eigenvalue weighted by Gasteiger charge is 2.07. The van der Waals surface area contributed by atoms with E-state index in [0.717, 1.165) is 16.9 Å². The Bertz CT molecular complexity index is 701. The van der Waals surface area contributed by atoms with Crippen molar-refractivity contribution in [1.82, 2.24) is 0 Å². The minimum atomic E-state index is -0.101. The second-order valence-electron chi connectivity index (χ2n) is 5.76. The van der Waals surface area contributed by atoms with Crippen molar-refractivity contribution in [2.75, 3.05) is 37.0 Å². The summed E-state index contributed by atoms with van der Waals surface area (Å²) in [6, 6.07) is 13.5. The summed E-state index contributed by atoms with van der Waals surface area (Å²) >= 11 is 0. The molecule has 134 valence electrons. The Morgan fingerprint density at radius 2 is 1.84 bits per heavy atom. The lowest BCUT2D eigenvalue weighted by Gasteiger charge is -2.14. The topological polar surface area (TPSA) is 59.6 Å². The fraction of sp³-hybridized carbons (Fsp3) is 0.350. The molecule has 0 aromatic heterocycles. The van der Waals surface area contributed by atoms with Crippen LogP contribution in [0.5, 0.6) is 5.75 Å². The monoisotopic (exact) mass is 342 g/mol. The second kappa shape index (κ2) is 9.69. The Morgan fingerprint density at radius 3 is 2.60 bits per heavy atom. The summed E-state index contributed by atoms with van der Waals surface area (Å²) in [5.41, 5.74) is 3.84. The van der Waals surface area contributed by atoms with Gasteiger partial charge in [0, 0.05) is 12.3 Å². The van der Waals surface area contributed by atoms with E-state index in [1.807, 2.05) is 63.2 Å². The van der Waals surface area contributed by atoms with Crippen LogP contribution >= 0.6 is 0 Å². The van der Waals surface area contributed by atoms with Crippen molar-refractivity contribution in [2.24, 2.45) is 0 Å². The molecule has 0 bridgehead atoms. The van der Waals surface area contributed by atoms with Crippen molar-refractivity contribution in [3.05, 3.63) is 53.6 Å². The highest BCUT2D eigenvalue weighted by molar-refractivity contribution is 5.94. The van der Waals surface area contributed by atoms with Gasteiger partial charge in [0.05, 0.1) is 18.8 Å². The summed E-state index contributed by atoms with van der Waals surface area (Å²) < 4.78 is 11.0. The molecule has 0 unspecified atom stereocenters. The lowest BCUT2D eigenvalue weighted by Crippen LogP contribution is -2.22. The zero-order valence-corrected chi connectivity index (χ0v) is 15.1. The number of para-hydroxylation sites is 2. The number of carbonyl (C=O) groups is 1. The van der Waals surface area contributed by atoms with E-state index < -0.39 is 0 Å². The molecule has 0 radical (unpaired) electrons. The van der Waals surface area contributed by atoms with Crippen LogP contribution in [0.15, 0.2) is 42.5 Å². The normalized spacial score (nSPS) is 10.4. The predicted molar refractivity (Wildman–Crippen MR) is 101 cm³/mol. The number of ether oxygens (including phenoxy) is 2. The van der Waals surface area contributed by atoms with Gasteiger partial charge < -0.3 is 20.1 Å². The van der Waals surface area contributed by atoms with Gasteiger partial charge in [0.1, 0.15) is 12.4 Å². The first-order valence-corrected chi connectivity index (χ1v) is 8.50. The average molecular weight is 342 g/mol. The number of aryl methyl sites for hydroxylation is 2. The van der Waals surface area contributed by atoms with Crippen LogP contribution in [0, 0.1) is 13.8 Å². The molecule has 0 heterocycles. The van der Waals surface area contributed by atoms with E-state index in [1.165, 1.54) is 5.56 Å². The number of amides is 1. The summed E-state index contributed by atoms with van der Waals surface area (Å²) in [6.07, 6.45) is 0. The Hall–Kier alpha value is -2.53. The molecule has 1 amide bonds. The first-order valence-electron chi connectivity index (χ1n) is 8.50. The summed E-state index contributed by atoms with van der Waals surface area (Å²) in [5.74, 6) is 0.609. The zero-order valence-electron chi connectivity index (χ0n) is 15.1. The molecule has 2 aromatic carbocycles. The average Bonchev–Trinajstić information content (AvgIpc) is 2.60. The number of rotatable bonds is 9. The maximum Gasteiger partial charge on any atom is 0.243 e. The van der Waals surface area contributed by atoms with Gasteiger partial charge >= 0.3 is 0 Å². The number of carbonyl (C=O) groups excluding carboxylic acids is 1. The van der Waals surface area contributed by atoms with E-state index in [0.29, 0.717) is 25.6 Å². The van der Waals surface area contributed by atoms with Crippen molar-refractivity contribution in [2.45, 2.75) is 20.8 Å². The van der Waals surface area contributed by atoms with Crippen molar-refractivity contribution in [3.8, 4) is 5.75 Å². The van der Waals surface area contributed by atoms with E-state index in [9.17, 15) is 4.79 Å². The molecule has 2 aromatic rings. The Kier molecular flexibility index (Phi) is 7.29. The fourth-order valence-electron chi connectivity index (χ4n) is 2.42.